The summed E-state index contributed by atoms with van der Waals surface area (Å²) in [5, 5.41) is 11.8. The molecule has 0 fully saturated rings. The van der Waals surface area contributed by atoms with Gasteiger partial charge in [0, 0.05) is 6.54 Å². The molecule has 8 nitrogen and oxygen atoms in total. The van der Waals surface area contributed by atoms with Gasteiger partial charge in [0.05, 0.1) is 24.1 Å². The lowest BCUT2D eigenvalue weighted by molar-refractivity contribution is -0.113. The molecule has 0 bridgehead atoms. The number of carbonyl (C=O) groups is 2. The Hall–Kier alpha value is -3.40. The number of aromatic nitrogens is 3. The van der Waals surface area contributed by atoms with Crippen LogP contribution in [0, 0.1) is 5.82 Å². The molecule has 2 aromatic carbocycles. The minimum absolute atomic E-state index is 0.0565. The fourth-order valence-electron chi connectivity index (χ4n) is 3.35. The Morgan fingerprint density at radius 2 is 1.83 bits per heavy atom. The molecule has 0 radical (unpaired) electrons. The van der Waals surface area contributed by atoms with Gasteiger partial charge in [0.25, 0.3) is 0 Å². The van der Waals surface area contributed by atoms with Gasteiger partial charge in [-0.3, -0.25) is 4.79 Å². The van der Waals surface area contributed by atoms with Gasteiger partial charge in [-0.25, -0.2) is 9.18 Å². The topological polar surface area (TPSA) is 95.3 Å². The summed E-state index contributed by atoms with van der Waals surface area (Å²) < 4.78 is 26.2. The second-order valence-electron chi connectivity index (χ2n) is 7.70. The Balaban J connectivity index is 1.67. The van der Waals surface area contributed by atoms with Gasteiger partial charge in [-0.2, -0.15) is 0 Å². The fourth-order valence-corrected chi connectivity index (χ4v) is 4.14. The number of nitrogens with zero attached hydrogens (tertiary/aromatic N) is 3. The minimum atomic E-state index is -0.528. The third-order valence-electron chi connectivity index (χ3n) is 5.16. The molecule has 0 atom stereocenters. The number of methoxy groups -OCH3 is 1. The van der Waals surface area contributed by atoms with Gasteiger partial charge in [0.2, 0.25) is 5.91 Å². The van der Waals surface area contributed by atoms with Crippen molar-refractivity contribution in [3.05, 3.63) is 65.7 Å². The van der Waals surface area contributed by atoms with E-state index in [4.69, 9.17) is 9.47 Å². The number of halogens is 1. The number of ether oxygens (including phenoxy) is 2. The summed E-state index contributed by atoms with van der Waals surface area (Å²) in [6, 6.07) is 12.8. The van der Waals surface area contributed by atoms with Crippen molar-refractivity contribution in [2.45, 2.75) is 50.9 Å². The molecule has 10 heteroatoms. The first-order valence-corrected chi connectivity index (χ1v) is 12.4. The first kappa shape index (κ1) is 26.2. The monoisotopic (exact) mass is 500 g/mol. The molecule has 0 saturated heterocycles. The number of para-hydroxylation sites is 2. The van der Waals surface area contributed by atoms with Crippen molar-refractivity contribution in [3.8, 4) is 5.75 Å². The Bertz CT molecular complexity index is 1140. The number of unbranched alkanes of at least 4 members (excludes halogenated alkanes) is 3. The van der Waals surface area contributed by atoms with Crippen LogP contribution in [0.5, 0.6) is 5.75 Å². The highest BCUT2D eigenvalue weighted by Crippen LogP contribution is 2.22. The summed E-state index contributed by atoms with van der Waals surface area (Å²) in [5.41, 5.74) is 0.657. The smallest absolute Gasteiger partial charge is 0.339 e. The Morgan fingerprint density at radius 3 is 2.60 bits per heavy atom. The lowest BCUT2D eigenvalue weighted by Gasteiger charge is -2.12. The van der Waals surface area contributed by atoms with E-state index >= 15 is 0 Å². The van der Waals surface area contributed by atoms with E-state index in [9.17, 15) is 14.0 Å². The molecule has 186 valence electrons. The first-order valence-electron chi connectivity index (χ1n) is 11.4. The highest BCUT2D eigenvalue weighted by atomic mass is 32.2. The van der Waals surface area contributed by atoms with Crippen molar-refractivity contribution in [2.24, 2.45) is 0 Å². The van der Waals surface area contributed by atoms with Crippen LogP contribution in [-0.4, -0.2) is 39.5 Å². The molecule has 0 aliphatic rings. The minimum Gasteiger partial charge on any atom is -0.483 e. The molecular weight excluding hydrogens is 471 g/mol. The number of esters is 1. The molecule has 1 amide bonds. The summed E-state index contributed by atoms with van der Waals surface area (Å²) in [6.45, 7) is 2.86. The van der Waals surface area contributed by atoms with Gasteiger partial charge in [0.15, 0.2) is 22.5 Å². The van der Waals surface area contributed by atoms with Crippen molar-refractivity contribution >= 4 is 29.3 Å². The van der Waals surface area contributed by atoms with Crippen LogP contribution in [0.15, 0.2) is 53.7 Å². The van der Waals surface area contributed by atoms with Crippen LogP contribution < -0.4 is 10.1 Å². The number of anilines is 1. The summed E-state index contributed by atoms with van der Waals surface area (Å²) in [4.78, 5) is 24.5. The quantitative estimate of drug-likeness (QED) is 0.198. The van der Waals surface area contributed by atoms with E-state index in [0.29, 0.717) is 23.2 Å². The summed E-state index contributed by atoms with van der Waals surface area (Å²) in [5.74, 6) is -0.498. The number of thioether (sulfide) groups is 1. The zero-order valence-electron chi connectivity index (χ0n) is 19.8. The van der Waals surface area contributed by atoms with Crippen LogP contribution in [0.25, 0.3) is 0 Å². The van der Waals surface area contributed by atoms with Gasteiger partial charge < -0.3 is 19.4 Å². The van der Waals surface area contributed by atoms with E-state index in [0.717, 1.165) is 25.7 Å². The molecule has 3 aromatic rings. The maximum absolute atomic E-state index is 13.9. The third kappa shape index (κ3) is 7.54. The summed E-state index contributed by atoms with van der Waals surface area (Å²) in [7, 11) is 1.29. The SMILES string of the molecule is CCCCCCn1c(COc2ccccc2F)nnc1SCC(=O)Nc1ccccc1C(=O)OC. The number of hydrogen-bond donors (Lipinski definition) is 1. The maximum Gasteiger partial charge on any atom is 0.339 e. The van der Waals surface area contributed by atoms with Gasteiger partial charge >= 0.3 is 5.97 Å². The molecule has 1 aromatic heterocycles. The predicted molar refractivity (Wildman–Crippen MR) is 132 cm³/mol. The van der Waals surface area contributed by atoms with Crippen molar-refractivity contribution in [1.82, 2.24) is 14.8 Å². The average molecular weight is 501 g/mol. The van der Waals surface area contributed by atoms with Gasteiger partial charge in [0.1, 0.15) is 6.61 Å². The van der Waals surface area contributed by atoms with E-state index in [1.807, 2.05) is 4.57 Å². The number of amides is 1. The van der Waals surface area contributed by atoms with Crippen LogP contribution in [0.3, 0.4) is 0 Å². The Kier molecular flexibility index (Phi) is 10.1. The predicted octanol–water partition coefficient (Wildman–Crippen LogP) is 5.09. The van der Waals surface area contributed by atoms with E-state index in [1.165, 1.54) is 24.9 Å². The molecule has 0 saturated carbocycles. The largest absolute Gasteiger partial charge is 0.483 e. The Labute approximate surface area is 208 Å². The second-order valence-corrected chi connectivity index (χ2v) is 8.65. The average Bonchev–Trinajstić information content (AvgIpc) is 3.26. The molecule has 35 heavy (non-hydrogen) atoms. The highest BCUT2D eigenvalue weighted by molar-refractivity contribution is 7.99. The first-order chi connectivity index (χ1) is 17.0. The fraction of sp³-hybridized carbons (Fsp3) is 0.360. The van der Waals surface area contributed by atoms with E-state index in [2.05, 4.69) is 22.4 Å². The van der Waals surface area contributed by atoms with Crippen molar-refractivity contribution in [3.63, 3.8) is 0 Å². The molecular formula is C25H29FN4O4S. The second kappa shape index (κ2) is 13.5. The number of hydrogen-bond acceptors (Lipinski definition) is 7. The molecule has 1 heterocycles. The molecule has 0 spiro atoms. The van der Waals surface area contributed by atoms with E-state index < -0.39 is 11.8 Å². The lowest BCUT2D eigenvalue weighted by atomic mass is 10.2. The van der Waals surface area contributed by atoms with E-state index in [1.54, 1.807) is 42.5 Å². The van der Waals surface area contributed by atoms with Gasteiger partial charge in [-0.15, -0.1) is 10.2 Å². The van der Waals surface area contributed by atoms with Gasteiger partial charge in [-0.1, -0.05) is 62.2 Å². The normalized spacial score (nSPS) is 10.7. The maximum atomic E-state index is 13.9. The summed E-state index contributed by atoms with van der Waals surface area (Å²) >= 11 is 1.24. The molecule has 0 aliphatic carbocycles. The lowest BCUT2D eigenvalue weighted by Crippen LogP contribution is -2.17. The van der Waals surface area contributed by atoms with Gasteiger partial charge in [-0.05, 0) is 30.7 Å². The molecule has 0 aliphatic heterocycles. The zero-order valence-corrected chi connectivity index (χ0v) is 20.6. The van der Waals surface area contributed by atoms with Crippen molar-refractivity contribution < 1.29 is 23.5 Å². The third-order valence-corrected chi connectivity index (χ3v) is 6.13. The van der Waals surface area contributed by atoms with Crippen LogP contribution in [0.1, 0.15) is 48.8 Å². The zero-order chi connectivity index (χ0) is 25.0. The Morgan fingerprint density at radius 1 is 1.06 bits per heavy atom. The van der Waals surface area contributed by atoms with E-state index in [-0.39, 0.29) is 29.6 Å². The number of benzene rings is 2. The molecule has 0 unspecified atom stereocenters. The number of carbonyl (C=O) groups excluding carboxylic acids is 2. The molecule has 3 rings (SSSR count). The van der Waals surface area contributed by atoms with Crippen molar-refractivity contribution in [1.29, 1.82) is 0 Å². The number of rotatable bonds is 13. The summed E-state index contributed by atoms with van der Waals surface area (Å²) in [6.07, 6.45) is 4.20. The van der Waals surface area contributed by atoms with Crippen LogP contribution >= 0.6 is 11.8 Å². The molecule has 1 N–H and O–H groups in total. The number of nitrogens with one attached hydrogen (secondary N) is 1. The van der Waals surface area contributed by atoms with Crippen LogP contribution in [0.4, 0.5) is 10.1 Å². The van der Waals surface area contributed by atoms with Crippen LogP contribution in [-0.2, 0) is 22.7 Å². The standard InChI is InChI=1S/C25H29FN4O4S/c1-3-4-5-10-15-30-22(16-34-21-14-9-7-12-19(21)26)28-29-25(30)35-17-23(31)27-20-13-8-6-11-18(20)24(32)33-2/h6-9,11-14H,3-5,10,15-17H2,1-2H3,(H,27,31). The van der Waals surface area contributed by atoms with Crippen molar-refractivity contribution in [2.75, 3.05) is 18.2 Å². The van der Waals surface area contributed by atoms with Crippen LogP contribution in [0.2, 0.25) is 0 Å². The highest BCUT2D eigenvalue weighted by Gasteiger charge is 2.17.